The van der Waals surface area contributed by atoms with Gasteiger partial charge in [0.1, 0.15) is 5.76 Å². The van der Waals surface area contributed by atoms with Crippen LogP contribution in [-0.4, -0.2) is 32.3 Å². The Kier molecular flexibility index (Phi) is 8.73. The summed E-state index contributed by atoms with van der Waals surface area (Å²) in [7, 11) is 0. The number of nitrogens with zero attached hydrogens (tertiary/aromatic N) is 3. The molecule has 198 valence electrons. The molecular weight excluding hydrogens is 589 g/mol. The van der Waals surface area contributed by atoms with E-state index in [0.717, 1.165) is 28.4 Å². The Morgan fingerprint density at radius 1 is 1.03 bits per heavy atom. The molecule has 4 rings (SSSR count). The van der Waals surface area contributed by atoms with Crippen LogP contribution in [0.15, 0.2) is 81.0 Å². The van der Waals surface area contributed by atoms with Crippen LogP contribution in [0.1, 0.15) is 27.5 Å². The second-order valence-electron chi connectivity index (χ2n) is 7.79. The summed E-state index contributed by atoms with van der Waals surface area (Å²) < 4.78 is 47.0. The number of hydrogen-bond acceptors (Lipinski definition) is 7. The highest BCUT2D eigenvalue weighted by Gasteiger charge is 2.30. The van der Waals surface area contributed by atoms with Crippen LogP contribution < -0.4 is 16.2 Å². The molecule has 14 heteroatoms. The number of nitrogens with one attached hydrogen (secondary N) is 3. The number of carbonyl (C=O) groups excluding carboxylic acids is 2. The van der Waals surface area contributed by atoms with Crippen LogP contribution in [0.2, 0.25) is 0 Å². The summed E-state index contributed by atoms with van der Waals surface area (Å²) in [5.41, 5.74) is 4.57. The number of amides is 2. The fourth-order valence-electron chi connectivity index (χ4n) is 3.23. The van der Waals surface area contributed by atoms with Crippen LogP contribution in [0.4, 0.5) is 18.9 Å². The molecule has 0 aliphatic carbocycles. The van der Waals surface area contributed by atoms with Crippen molar-refractivity contribution in [3.05, 3.63) is 94.1 Å². The van der Waals surface area contributed by atoms with E-state index in [1.807, 2.05) is 0 Å². The van der Waals surface area contributed by atoms with Gasteiger partial charge in [-0.25, -0.2) is 0 Å². The Hall–Kier alpha value is -3.78. The zero-order valence-corrected chi connectivity index (χ0v) is 21.9. The Balaban J connectivity index is 1.39. The third-order valence-electron chi connectivity index (χ3n) is 5.08. The van der Waals surface area contributed by atoms with Crippen molar-refractivity contribution in [2.45, 2.75) is 24.4 Å². The van der Waals surface area contributed by atoms with Gasteiger partial charge in [-0.05, 0) is 54.6 Å². The molecule has 0 radical (unpaired) electrons. The van der Waals surface area contributed by atoms with Crippen LogP contribution in [0.5, 0.6) is 0 Å². The lowest BCUT2D eigenvalue weighted by atomic mass is 10.2. The van der Waals surface area contributed by atoms with E-state index in [2.05, 4.69) is 42.3 Å². The molecule has 2 heterocycles. The van der Waals surface area contributed by atoms with Crippen molar-refractivity contribution in [3.8, 4) is 0 Å². The van der Waals surface area contributed by atoms with Gasteiger partial charge in [0.25, 0.3) is 5.91 Å². The first-order valence-electron chi connectivity index (χ1n) is 11.0. The number of hydrogen-bond donors (Lipinski definition) is 3. The molecule has 0 spiro atoms. The van der Waals surface area contributed by atoms with E-state index < -0.39 is 23.6 Å². The number of halogens is 4. The molecule has 2 aromatic heterocycles. The predicted molar refractivity (Wildman–Crippen MR) is 137 cm³/mol. The first kappa shape index (κ1) is 27.3. The minimum absolute atomic E-state index is 0.0744. The van der Waals surface area contributed by atoms with Gasteiger partial charge in [0.05, 0.1) is 30.7 Å². The van der Waals surface area contributed by atoms with E-state index in [1.165, 1.54) is 18.4 Å². The van der Waals surface area contributed by atoms with Crippen LogP contribution in [-0.2, 0) is 24.1 Å². The van der Waals surface area contributed by atoms with Gasteiger partial charge in [0, 0.05) is 15.7 Å². The van der Waals surface area contributed by atoms with Gasteiger partial charge >= 0.3 is 6.18 Å². The molecule has 0 atom stereocenters. The van der Waals surface area contributed by atoms with Crippen molar-refractivity contribution in [1.82, 2.24) is 25.6 Å². The van der Waals surface area contributed by atoms with Gasteiger partial charge in [-0.3, -0.25) is 25.0 Å². The van der Waals surface area contributed by atoms with Crippen LogP contribution in [0.3, 0.4) is 0 Å². The van der Waals surface area contributed by atoms with E-state index in [0.29, 0.717) is 22.3 Å². The second kappa shape index (κ2) is 12.2. The minimum atomic E-state index is -4.46. The van der Waals surface area contributed by atoms with Crippen molar-refractivity contribution >= 4 is 45.2 Å². The number of carbonyl (C=O) groups is 2. The number of hydrazine groups is 1. The van der Waals surface area contributed by atoms with Crippen molar-refractivity contribution in [2.75, 3.05) is 11.1 Å². The lowest BCUT2D eigenvalue weighted by Gasteiger charge is -2.12. The van der Waals surface area contributed by atoms with Crippen molar-refractivity contribution < 1.29 is 27.2 Å². The maximum Gasteiger partial charge on any atom is 0.416 e. The van der Waals surface area contributed by atoms with Gasteiger partial charge in [0.2, 0.25) is 5.91 Å². The molecule has 0 saturated carbocycles. The number of rotatable bonds is 9. The standard InChI is InChI=1S/C24H20BrF3N6O3S/c25-17-8-6-15(7-9-17)22(36)32-31-21(35)14-38-23-33-30-20(34(23)13-19-5-2-10-37-19)12-29-18-4-1-3-16(11-18)24(26,27)28/h1-11,29H,12-14H2,(H,31,35)(H,32,36). The van der Waals surface area contributed by atoms with Gasteiger partial charge in [-0.15, -0.1) is 10.2 Å². The Labute approximate surface area is 227 Å². The third-order valence-corrected chi connectivity index (χ3v) is 6.58. The number of furan rings is 1. The number of anilines is 1. The summed E-state index contributed by atoms with van der Waals surface area (Å²) in [6.45, 7) is 0.314. The molecule has 0 bridgehead atoms. The van der Waals surface area contributed by atoms with E-state index in [9.17, 15) is 22.8 Å². The van der Waals surface area contributed by atoms with Crippen LogP contribution in [0, 0.1) is 0 Å². The average molecular weight is 609 g/mol. The molecule has 2 amide bonds. The molecule has 0 aliphatic rings. The number of aromatic nitrogens is 3. The zero-order chi connectivity index (χ0) is 27.1. The van der Waals surface area contributed by atoms with E-state index >= 15 is 0 Å². The highest BCUT2D eigenvalue weighted by molar-refractivity contribution is 9.10. The molecular formula is C24H20BrF3N6O3S. The minimum Gasteiger partial charge on any atom is -0.467 e. The topological polar surface area (TPSA) is 114 Å². The quantitative estimate of drug-likeness (QED) is 0.183. The number of thioether (sulfide) groups is 1. The third kappa shape index (κ3) is 7.38. The molecule has 0 saturated heterocycles. The normalized spacial score (nSPS) is 11.3. The molecule has 38 heavy (non-hydrogen) atoms. The average Bonchev–Trinajstić information content (AvgIpc) is 3.55. The highest BCUT2D eigenvalue weighted by Crippen LogP contribution is 2.30. The lowest BCUT2D eigenvalue weighted by molar-refractivity contribution is -0.137. The molecule has 0 aliphatic heterocycles. The number of benzene rings is 2. The summed E-state index contributed by atoms with van der Waals surface area (Å²) in [5.74, 6) is -0.0160. The SMILES string of the molecule is O=C(CSc1nnc(CNc2cccc(C(F)(F)F)c2)n1Cc1ccco1)NNC(=O)c1ccc(Br)cc1. The Bertz CT molecular complexity index is 1390. The second-order valence-corrected chi connectivity index (χ2v) is 9.65. The molecule has 0 fully saturated rings. The molecule has 2 aromatic carbocycles. The van der Waals surface area contributed by atoms with Crippen LogP contribution >= 0.6 is 27.7 Å². The van der Waals surface area contributed by atoms with E-state index in [4.69, 9.17) is 4.42 Å². The van der Waals surface area contributed by atoms with Gasteiger partial charge in [0.15, 0.2) is 11.0 Å². The van der Waals surface area contributed by atoms with E-state index in [1.54, 1.807) is 41.0 Å². The zero-order valence-electron chi connectivity index (χ0n) is 19.5. The largest absolute Gasteiger partial charge is 0.467 e. The van der Waals surface area contributed by atoms with Crippen LogP contribution in [0.25, 0.3) is 0 Å². The van der Waals surface area contributed by atoms with Crippen molar-refractivity contribution in [3.63, 3.8) is 0 Å². The summed E-state index contributed by atoms with van der Waals surface area (Å²) in [6, 6.07) is 14.9. The summed E-state index contributed by atoms with van der Waals surface area (Å²) in [6.07, 6.45) is -2.95. The van der Waals surface area contributed by atoms with Crippen molar-refractivity contribution in [2.24, 2.45) is 0 Å². The summed E-state index contributed by atoms with van der Waals surface area (Å²) in [5, 5.41) is 11.6. The maximum atomic E-state index is 13.0. The first-order valence-corrected chi connectivity index (χ1v) is 12.8. The highest BCUT2D eigenvalue weighted by atomic mass is 79.9. The molecule has 0 unspecified atom stereocenters. The first-order chi connectivity index (χ1) is 18.2. The molecule has 3 N–H and O–H groups in total. The predicted octanol–water partition coefficient (Wildman–Crippen LogP) is 4.87. The fraction of sp³-hybridized carbons (Fsp3) is 0.167. The molecule has 9 nitrogen and oxygen atoms in total. The van der Waals surface area contributed by atoms with Gasteiger partial charge in [-0.2, -0.15) is 13.2 Å². The Morgan fingerprint density at radius 3 is 2.53 bits per heavy atom. The van der Waals surface area contributed by atoms with Gasteiger partial charge < -0.3 is 9.73 Å². The monoisotopic (exact) mass is 608 g/mol. The lowest BCUT2D eigenvalue weighted by Crippen LogP contribution is -2.42. The Morgan fingerprint density at radius 2 is 1.82 bits per heavy atom. The number of alkyl halides is 3. The van der Waals surface area contributed by atoms with E-state index in [-0.39, 0.29) is 24.5 Å². The smallest absolute Gasteiger partial charge is 0.416 e. The summed E-state index contributed by atoms with van der Waals surface area (Å²) in [4.78, 5) is 24.5. The fourth-order valence-corrected chi connectivity index (χ4v) is 4.25. The molecule has 4 aromatic rings. The maximum absolute atomic E-state index is 13.0. The van der Waals surface area contributed by atoms with Gasteiger partial charge in [-0.1, -0.05) is 33.8 Å². The van der Waals surface area contributed by atoms with Crippen molar-refractivity contribution in [1.29, 1.82) is 0 Å². The summed E-state index contributed by atoms with van der Waals surface area (Å²) >= 11 is 4.37.